The second-order valence-electron chi connectivity index (χ2n) is 8.66. The average molecular weight is 477 g/mol. The zero-order valence-electron chi connectivity index (χ0n) is 19.1. The highest BCUT2D eigenvalue weighted by atomic mass is 32.2. The molecule has 0 radical (unpaired) electrons. The molecule has 0 saturated carbocycles. The summed E-state index contributed by atoms with van der Waals surface area (Å²) in [6.07, 6.45) is 1.72. The smallest absolute Gasteiger partial charge is 0.243 e. The average Bonchev–Trinajstić information content (AvgIpc) is 2.88. The molecule has 1 aliphatic heterocycles. The van der Waals surface area contributed by atoms with Crippen molar-refractivity contribution >= 4 is 27.3 Å². The van der Waals surface area contributed by atoms with Crippen LogP contribution in [-0.2, 0) is 10.0 Å². The molecule has 3 aromatic rings. The molecular weight excluding hydrogens is 448 g/mol. The molecule has 1 heterocycles. The van der Waals surface area contributed by atoms with Crippen LogP contribution in [0.25, 0.3) is 0 Å². The standard InChI is InChI=1S/C27H28N2O4S/c1-20-14-16-29(17-15-20)34(32,33)25-12-10-21(11-13-25)26(30)19-28-24-9-5-8-23(18-24)27(31)22-6-3-2-4-7-22/h2-13,18,20,28H,14-17,19H2,1H3. The fraction of sp³-hybridized carbons (Fsp3) is 0.259. The Morgan fingerprint density at radius 2 is 1.50 bits per heavy atom. The molecule has 0 bridgehead atoms. The van der Waals surface area contributed by atoms with Crippen molar-refractivity contribution in [2.45, 2.75) is 24.7 Å². The predicted molar refractivity (Wildman–Crippen MR) is 133 cm³/mol. The molecule has 34 heavy (non-hydrogen) atoms. The molecule has 1 aliphatic rings. The summed E-state index contributed by atoms with van der Waals surface area (Å²) in [4.78, 5) is 25.5. The van der Waals surface area contributed by atoms with Gasteiger partial charge in [0.05, 0.1) is 11.4 Å². The Morgan fingerprint density at radius 3 is 2.18 bits per heavy atom. The van der Waals surface area contributed by atoms with Crippen molar-refractivity contribution in [1.82, 2.24) is 4.31 Å². The van der Waals surface area contributed by atoms with Crippen LogP contribution in [0.3, 0.4) is 0 Å². The molecule has 0 amide bonds. The summed E-state index contributed by atoms with van der Waals surface area (Å²) in [5.74, 6) is 0.280. The predicted octanol–water partition coefficient (Wildman–Crippen LogP) is 4.63. The Morgan fingerprint density at radius 1 is 0.853 bits per heavy atom. The lowest BCUT2D eigenvalue weighted by molar-refractivity contribution is 0.100. The number of carbonyl (C=O) groups excluding carboxylic acids is 2. The van der Waals surface area contributed by atoms with Crippen molar-refractivity contribution < 1.29 is 18.0 Å². The maximum atomic E-state index is 12.9. The second kappa shape index (κ2) is 10.3. The van der Waals surface area contributed by atoms with E-state index >= 15 is 0 Å². The van der Waals surface area contributed by atoms with Crippen LogP contribution in [0.2, 0.25) is 0 Å². The molecular formula is C27H28N2O4S. The van der Waals surface area contributed by atoms with Gasteiger partial charge in [0.2, 0.25) is 10.0 Å². The number of sulfonamides is 1. The maximum absolute atomic E-state index is 12.9. The second-order valence-corrected chi connectivity index (χ2v) is 10.6. The van der Waals surface area contributed by atoms with E-state index in [0.717, 1.165) is 12.8 Å². The van der Waals surface area contributed by atoms with E-state index in [2.05, 4.69) is 12.2 Å². The molecule has 0 aliphatic carbocycles. The number of hydrogen-bond donors (Lipinski definition) is 1. The Hall–Kier alpha value is -3.29. The summed E-state index contributed by atoms with van der Waals surface area (Å²) in [6, 6.07) is 22.2. The number of piperidine rings is 1. The first-order valence-corrected chi connectivity index (χ1v) is 12.9. The third-order valence-corrected chi connectivity index (χ3v) is 8.08. The number of anilines is 1. The van der Waals surface area contributed by atoms with Crippen LogP contribution in [0.15, 0.2) is 83.8 Å². The van der Waals surface area contributed by atoms with Crippen LogP contribution in [0, 0.1) is 5.92 Å². The Labute approximate surface area is 200 Å². The monoisotopic (exact) mass is 476 g/mol. The Kier molecular flexibility index (Phi) is 7.24. The summed E-state index contributed by atoms with van der Waals surface area (Å²) in [7, 11) is -3.54. The molecule has 1 saturated heterocycles. The van der Waals surface area contributed by atoms with Gasteiger partial charge in [-0.25, -0.2) is 8.42 Å². The van der Waals surface area contributed by atoms with Crippen molar-refractivity contribution in [2.24, 2.45) is 5.92 Å². The first-order chi connectivity index (χ1) is 16.3. The van der Waals surface area contributed by atoms with E-state index in [-0.39, 0.29) is 23.0 Å². The van der Waals surface area contributed by atoms with Crippen LogP contribution in [-0.4, -0.2) is 43.9 Å². The van der Waals surface area contributed by atoms with Crippen molar-refractivity contribution in [1.29, 1.82) is 0 Å². The van der Waals surface area contributed by atoms with Crippen LogP contribution >= 0.6 is 0 Å². The van der Waals surface area contributed by atoms with Crippen LogP contribution < -0.4 is 5.32 Å². The minimum atomic E-state index is -3.54. The van der Waals surface area contributed by atoms with E-state index in [4.69, 9.17) is 0 Å². The Bertz CT molecular complexity index is 1260. The number of nitrogens with one attached hydrogen (secondary N) is 1. The van der Waals surface area contributed by atoms with Gasteiger partial charge in [-0.1, -0.05) is 49.4 Å². The quantitative estimate of drug-likeness (QED) is 0.479. The number of Topliss-reactive ketones (excluding diaryl/α,β-unsaturated/α-hetero) is 1. The van der Waals surface area contributed by atoms with Gasteiger partial charge in [0.15, 0.2) is 11.6 Å². The van der Waals surface area contributed by atoms with E-state index in [1.54, 1.807) is 48.5 Å². The number of rotatable bonds is 8. The van der Waals surface area contributed by atoms with Gasteiger partial charge in [0.25, 0.3) is 0 Å². The van der Waals surface area contributed by atoms with Gasteiger partial charge in [0, 0.05) is 35.5 Å². The molecule has 4 rings (SSSR count). The van der Waals surface area contributed by atoms with Crippen molar-refractivity contribution in [3.63, 3.8) is 0 Å². The van der Waals surface area contributed by atoms with Gasteiger partial charge < -0.3 is 5.32 Å². The molecule has 3 aromatic carbocycles. The molecule has 0 atom stereocenters. The number of carbonyl (C=O) groups is 2. The normalized spacial score (nSPS) is 15.1. The SMILES string of the molecule is CC1CCN(S(=O)(=O)c2ccc(C(=O)CNc3cccc(C(=O)c4ccccc4)c3)cc2)CC1. The lowest BCUT2D eigenvalue weighted by Gasteiger charge is -2.29. The fourth-order valence-corrected chi connectivity index (χ4v) is 5.47. The number of nitrogens with zero attached hydrogens (tertiary/aromatic N) is 1. The van der Waals surface area contributed by atoms with Gasteiger partial charge in [-0.05, 0) is 55.2 Å². The summed E-state index contributed by atoms with van der Waals surface area (Å²) in [5, 5.41) is 3.06. The third kappa shape index (κ3) is 5.43. The maximum Gasteiger partial charge on any atom is 0.243 e. The van der Waals surface area contributed by atoms with E-state index < -0.39 is 10.0 Å². The highest BCUT2D eigenvalue weighted by Crippen LogP contribution is 2.24. The van der Waals surface area contributed by atoms with E-state index in [9.17, 15) is 18.0 Å². The number of ketones is 2. The Balaban J connectivity index is 1.39. The fourth-order valence-electron chi connectivity index (χ4n) is 4.00. The lowest BCUT2D eigenvalue weighted by Crippen LogP contribution is -2.37. The first kappa shape index (κ1) is 23.9. The zero-order chi connectivity index (χ0) is 24.1. The number of hydrogen-bond acceptors (Lipinski definition) is 5. The topological polar surface area (TPSA) is 83.6 Å². The molecule has 176 valence electrons. The third-order valence-electron chi connectivity index (χ3n) is 6.17. The summed E-state index contributed by atoms with van der Waals surface area (Å²) in [5.41, 5.74) is 2.22. The lowest BCUT2D eigenvalue weighted by atomic mass is 10.0. The van der Waals surface area contributed by atoms with E-state index in [1.165, 1.54) is 16.4 Å². The largest absolute Gasteiger partial charge is 0.378 e. The first-order valence-electron chi connectivity index (χ1n) is 11.4. The molecule has 1 fully saturated rings. The molecule has 0 spiro atoms. The van der Waals surface area contributed by atoms with Gasteiger partial charge in [-0.3, -0.25) is 9.59 Å². The van der Waals surface area contributed by atoms with E-state index in [1.807, 2.05) is 18.2 Å². The van der Waals surface area contributed by atoms with E-state index in [0.29, 0.717) is 41.4 Å². The molecule has 7 heteroatoms. The van der Waals surface area contributed by atoms with Crippen molar-refractivity contribution in [3.05, 3.63) is 95.6 Å². The highest BCUT2D eigenvalue weighted by Gasteiger charge is 2.28. The molecule has 0 aromatic heterocycles. The zero-order valence-corrected chi connectivity index (χ0v) is 19.9. The van der Waals surface area contributed by atoms with Gasteiger partial charge in [-0.2, -0.15) is 4.31 Å². The van der Waals surface area contributed by atoms with Crippen molar-refractivity contribution in [2.75, 3.05) is 25.0 Å². The van der Waals surface area contributed by atoms with Gasteiger partial charge >= 0.3 is 0 Å². The van der Waals surface area contributed by atoms with Crippen LogP contribution in [0.5, 0.6) is 0 Å². The minimum Gasteiger partial charge on any atom is -0.378 e. The van der Waals surface area contributed by atoms with Gasteiger partial charge in [0.1, 0.15) is 0 Å². The summed E-state index contributed by atoms with van der Waals surface area (Å²) < 4.78 is 27.3. The minimum absolute atomic E-state index is 0.0269. The highest BCUT2D eigenvalue weighted by molar-refractivity contribution is 7.89. The van der Waals surface area contributed by atoms with Crippen molar-refractivity contribution in [3.8, 4) is 0 Å². The van der Waals surface area contributed by atoms with Crippen LogP contribution in [0.4, 0.5) is 5.69 Å². The molecule has 0 unspecified atom stereocenters. The number of benzene rings is 3. The summed E-state index contributed by atoms with van der Waals surface area (Å²) >= 11 is 0. The molecule has 6 nitrogen and oxygen atoms in total. The molecule has 1 N–H and O–H groups in total. The van der Waals surface area contributed by atoms with Crippen LogP contribution in [0.1, 0.15) is 46.0 Å². The summed E-state index contributed by atoms with van der Waals surface area (Å²) in [6.45, 7) is 3.22. The van der Waals surface area contributed by atoms with Gasteiger partial charge in [-0.15, -0.1) is 0 Å².